The van der Waals surface area contributed by atoms with Crippen molar-refractivity contribution in [3.05, 3.63) is 29.8 Å². The summed E-state index contributed by atoms with van der Waals surface area (Å²) in [6, 6.07) is 8.11. The van der Waals surface area contributed by atoms with Crippen LogP contribution in [-0.2, 0) is 9.53 Å². The monoisotopic (exact) mass is 279 g/mol. The molecule has 1 aromatic carbocycles. The number of rotatable bonds is 2. The van der Waals surface area contributed by atoms with Gasteiger partial charge < -0.3 is 14.7 Å². The molecule has 1 saturated heterocycles. The number of nitrogens with zero attached hydrogens (tertiary/aromatic N) is 1. The second-order valence-corrected chi connectivity index (χ2v) is 5.92. The van der Waals surface area contributed by atoms with E-state index in [4.69, 9.17) is 9.84 Å². The minimum atomic E-state index is -0.234. The number of amides is 1. The molecule has 0 radical (unpaired) electrons. The highest BCUT2D eigenvalue weighted by Gasteiger charge is 2.34. The van der Waals surface area contributed by atoms with Crippen LogP contribution in [0.3, 0.4) is 0 Å². The molecule has 1 aromatic rings. The quantitative estimate of drug-likeness (QED) is 0.880. The molecule has 3 rings (SSSR count). The Morgan fingerprint density at radius 1 is 1.47 bits per heavy atom. The Morgan fingerprint density at radius 2 is 2.32 bits per heavy atom. The SMILES string of the molecule is O=C(C1CSc2ccccc21)N1CCOC(CO)C1. The first-order chi connectivity index (χ1) is 9.29. The van der Waals surface area contributed by atoms with Crippen molar-refractivity contribution in [3.8, 4) is 0 Å². The number of hydrogen-bond acceptors (Lipinski definition) is 4. The molecule has 0 saturated carbocycles. The van der Waals surface area contributed by atoms with Gasteiger partial charge in [0.05, 0.1) is 25.2 Å². The van der Waals surface area contributed by atoms with Crippen molar-refractivity contribution >= 4 is 17.7 Å². The van der Waals surface area contributed by atoms with Crippen molar-refractivity contribution in [1.82, 2.24) is 4.90 Å². The molecule has 2 aliphatic heterocycles. The molecule has 19 heavy (non-hydrogen) atoms. The van der Waals surface area contributed by atoms with Crippen molar-refractivity contribution in [1.29, 1.82) is 0 Å². The summed E-state index contributed by atoms with van der Waals surface area (Å²) in [6.07, 6.45) is -0.234. The molecule has 102 valence electrons. The third-order valence-electron chi connectivity index (χ3n) is 3.65. The van der Waals surface area contributed by atoms with Gasteiger partial charge in [-0.3, -0.25) is 4.79 Å². The summed E-state index contributed by atoms with van der Waals surface area (Å²) in [6.45, 7) is 1.61. The first-order valence-corrected chi connectivity index (χ1v) is 7.51. The summed E-state index contributed by atoms with van der Waals surface area (Å²) in [7, 11) is 0. The fraction of sp³-hybridized carbons (Fsp3) is 0.500. The Morgan fingerprint density at radius 3 is 3.16 bits per heavy atom. The molecule has 1 fully saturated rings. The third-order valence-corrected chi connectivity index (χ3v) is 4.83. The normalized spacial score (nSPS) is 26.3. The molecular weight excluding hydrogens is 262 g/mol. The minimum Gasteiger partial charge on any atom is -0.394 e. The highest BCUT2D eigenvalue weighted by molar-refractivity contribution is 7.99. The van der Waals surface area contributed by atoms with Gasteiger partial charge in [-0.1, -0.05) is 18.2 Å². The summed E-state index contributed by atoms with van der Waals surface area (Å²) in [5.41, 5.74) is 1.14. The van der Waals surface area contributed by atoms with Crippen LogP contribution in [0.1, 0.15) is 11.5 Å². The zero-order valence-electron chi connectivity index (χ0n) is 10.6. The van der Waals surface area contributed by atoms with Crippen molar-refractivity contribution in [3.63, 3.8) is 0 Å². The smallest absolute Gasteiger partial charge is 0.231 e. The summed E-state index contributed by atoms with van der Waals surface area (Å²) in [5.74, 6) is 0.942. The lowest BCUT2D eigenvalue weighted by Crippen LogP contribution is -2.48. The maximum Gasteiger partial charge on any atom is 0.231 e. The van der Waals surface area contributed by atoms with E-state index in [2.05, 4.69) is 6.07 Å². The average molecular weight is 279 g/mol. The Labute approximate surface area is 116 Å². The lowest BCUT2D eigenvalue weighted by molar-refractivity contribution is -0.141. The maximum atomic E-state index is 12.6. The summed E-state index contributed by atoms with van der Waals surface area (Å²) < 4.78 is 5.39. The fourth-order valence-electron chi connectivity index (χ4n) is 2.62. The number of ether oxygens (including phenoxy) is 1. The van der Waals surface area contributed by atoms with Gasteiger partial charge in [0.1, 0.15) is 0 Å². The van der Waals surface area contributed by atoms with Crippen LogP contribution >= 0.6 is 11.8 Å². The Bertz CT molecular complexity index is 480. The lowest BCUT2D eigenvalue weighted by Gasteiger charge is -2.33. The molecule has 2 heterocycles. The van der Waals surface area contributed by atoms with Crippen LogP contribution in [0.25, 0.3) is 0 Å². The van der Waals surface area contributed by atoms with Gasteiger partial charge in [-0.15, -0.1) is 11.8 Å². The highest BCUT2D eigenvalue weighted by atomic mass is 32.2. The van der Waals surface area contributed by atoms with E-state index in [0.717, 1.165) is 11.3 Å². The number of carbonyl (C=O) groups is 1. The predicted octanol–water partition coefficient (Wildman–Crippen LogP) is 1.10. The first-order valence-electron chi connectivity index (χ1n) is 6.52. The van der Waals surface area contributed by atoms with Crippen LogP contribution in [0, 0.1) is 0 Å². The van der Waals surface area contributed by atoms with E-state index in [1.807, 2.05) is 23.1 Å². The van der Waals surface area contributed by atoms with Gasteiger partial charge in [0.2, 0.25) is 5.91 Å². The van der Waals surface area contributed by atoms with Crippen LogP contribution < -0.4 is 0 Å². The number of aliphatic hydroxyl groups excluding tert-OH is 1. The number of morpholine rings is 1. The highest BCUT2D eigenvalue weighted by Crippen LogP contribution is 2.40. The van der Waals surface area contributed by atoms with Gasteiger partial charge in [-0.05, 0) is 11.6 Å². The largest absolute Gasteiger partial charge is 0.394 e. The zero-order chi connectivity index (χ0) is 13.2. The molecule has 2 atom stereocenters. The van der Waals surface area contributed by atoms with Gasteiger partial charge in [0, 0.05) is 23.7 Å². The zero-order valence-corrected chi connectivity index (χ0v) is 11.4. The Hall–Kier alpha value is -1.04. The average Bonchev–Trinajstić information content (AvgIpc) is 2.90. The van der Waals surface area contributed by atoms with Gasteiger partial charge in [-0.2, -0.15) is 0 Å². The van der Waals surface area contributed by atoms with Crippen LogP contribution in [0.5, 0.6) is 0 Å². The van der Waals surface area contributed by atoms with Gasteiger partial charge >= 0.3 is 0 Å². The third kappa shape index (κ3) is 2.50. The summed E-state index contributed by atoms with van der Waals surface area (Å²) in [4.78, 5) is 15.6. The number of thioether (sulfide) groups is 1. The molecule has 0 spiro atoms. The standard InChI is InChI=1S/C14H17NO3S/c16-8-10-7-15(5-6-18-10)14(17)12-9-19-13-4-2-1-3-11(12)13/h1-4,10,12,16H,5-9H2. The van der Waals surface area contributed by atoms with E-state index >= 15 is 0 Å². The number of carbonyl (C=O) groups excluding carboxylic acids is 1. The number of aliphatic hydroxyl groups is 1. The number of fused-ring (bicyclic) bond motifs is 1. The number of benzene rings is 1. The molecule has 5 heteroatoms. The molecular formula is C14H17NO3S. The summed E-state index contributed by atoms with van der Waals surface area (Å²) >= 11 is 1.75. The van der Waals surface area contributed by atoms with E-state index in [1.165, 1.54) is 4.90 Å². The van der Waals surface area contributed by atoms with Crippen molar-refractivity contribution in [2.45, 2.75) is 16.9 Å². The van der Waals surface area contributed by atoms with Crippen molar-refractivity contribution < 1.29 is 14.6 Å². The molecule has 0 bridgehead atoms. The van der Waals surface area contributed by atoms with Crippen LogP contribution in [0.15, 0.2) is 29.2 Å². The molecule has 0 aliphatic carbocycles. The second-order valence-electron chi connectivity index (χ2n) is 4.86. The fourth-order valence-corrected chi connectivity index (χ4v) is 3.84. The van der Waals surface area contributed by atoms with E-state index in [-0.39, 0.29) is 24.5 Å². The van der Waals surface area contributed by atoms with Crippen LogP contribution in [0.4, 0.5) is 0 Å². The predicted molar refractivity (Wildman–Crippen MR) is 73.3 cm³/mol. The van der Waals surface area contributed by atoms with Crippen molar-refractivity contribution in [2.24, 2.45) is 0 Å². The van der Waals surface area contributed by atoms with E-state index < -0.39 is 0 Å². The van der Waals surface area contributed by atoms with Crippen LogP contribution in [0.2, 0.25) is 0 Å². The van der Waals surface area contributed by atoms with E-state index in [1.54, 1.807) is 11.8 Å². The Kier molecular flexibility index (Phi) is 3.77. The molecule has 2 unspecified atom stereocenters. The topological polar surface area (TPSA) is 49.8 Å². The lowest BCUT2D eigenvalue weighted by atomic mass is 9.99. The van der Waals surface area contributed by atoms with Crippen LogP contribution in [-0.4, -0.2) is 54.1 Å². The Balaban J connectivity index is 1.75. The van der Waals surface area contributed by atoms with E-state index in [9.17, 15) is 4.79 Å². The van der Waals surface area contributed by atoms with Gasteiger partial charge in [0.15, 0.2) is 0 Å². The second kappa shape index (κ2) is 5.53. The van der Waals surface area contributed by atoms with Gasteiger partial charge in [-0.25, -0.2) is 0 Å². The molecule has 1 amide bonds. The minimum absolute atomic E-state index is 0.0280. The van der Waals surface area contributed by atoms with Crippen molar-refractivity contribution in [2.75, 3.05) is 32.1 Å². The van der Waals surface area contributed by atoms with Gasteiger partial charge in [0.25, 0.3) is 0 Å². The van der Waals surface area contributed by atoms with E-state index in [0.29, 0.717) is 19.7 Å². The molecule has 4 nitrogen and oxygen atoms in total. The maximum absolute atomic E-state index is 12.6. The first kappa shape index (κ1) is 13.0. The summed E-state index contributed by atoms with van der Waals surface area (Å²) in [5, 5.41) is 9.15. The molecule has 1 N–H and O–H groups in total. The molecule has 2 aliphatic rings. The molecule has 0 aromatic heterocycles. The number of hydrogen-bond donors (Lipinski definition) is 1.